The zero-order chi connectivity index (χ0) is 14.8. The highest BCUT2D eigenvalue weighted by Crippen LogP contribution is 2.24. The van der Waals surface area contributed by atoms with Crippen LogP contribution in [0, 0.1) is 0 Å². The van der Waals surface area contributed by atoms with Gasteiger partial charge in [0.1, 0.15) is 4.21 Å². The maximum atomic E-state index is 12.2. The molecule has 2 aromatic rings. The topological polar surface area (TPSA) is 69.6 Å². The fourth-order valence-corrected chi connectivity index (χ4v) is 3.87. The minimum Gasteiger partial charge on any atom is -0.392 e. The van der Waals surface area contributed by atoms with Gasteiger partial charge in [0.25, 0.3) is 10.0 Å². The van der Waals surface area contributed by atoms with Gasteiger partial charge in [0.2, 0.25) is 0 Å². The number of rotatable bonds is 5. The summed E-state index contributed by atoms with van der Waals surface area (Å²) in [4.78, 5) is 1.94. The van der Waals surface area contributed by atoms with Gasteiger partial charge in [-0.3, -0.25) is 4.72 Å². The number of aliphatic hydroxyl groups is 1. The van der Waals surface area contributed by atoms with E-state index in [1.54, 1.807) is 17.5 Å². The van der Waals surface area contributed by atoms with Gasteiger partial charge >= 0.3 is 0 Å². The van der Waals surface area contributed by atoms with Gasteiger partial charge in [-0.05, 0) is 41.3 Å². The molecule has 0 aliphatic heterocycles. The third-order valence-corrected chi connectivity index (χ3v) is 5.58. The van der Waals surface area contributed by atoms with Crippen LogP contribution in [0.5, 0.6) is 0 Å². The first-order chi connectivity index (χ1) is 9.42. The van der Waals surface area contributed by atoms with E-state index in [-0.39, 0.29) is 10.8 Å². The van der Waals surface area contributed by atoms with Crippen LogP contribution in [0.1, 0.15) is 5.56 Å². The molecule has 0 spiro atoms. The van der Waals surface area contributed by atoms with Crippen LogP contribution in [0.2, 0.25) is 0 Å². The van der Waals surface area contributed by atoms with Gasteiger partial charge in [-0.25, -0.2) is 8.42 Å². The van der Waals surface area contributed by atoms with Crippen LogP contribution in [-0.2, 0) is 16.6 Å². The third kappa shape index (κ3) is 3.30. The Morgan fingerprint density at radius 2 is 1.90 bits per heavy atom. The molecule has 0 bridgehead atoms. The summed E-state index contributed by atoms with van der Waals surface area (Å²) in [7, 11) is 0.244. The summed E-state index contributed by atoms with van der Waals surface area (Å²) in [6, 6.07) is 8.58. The molecule has 20 heavy (non-hydrogen) atoms. The standard InChI is InChI=1S/C13H16N2O3S2/c1-15(2)12-5-3-11(4-6-12)14-20(17,18)13-7-10(8-16)9-19-13/h3-7,9,14,16H,8H2,1-2H3. The van der Waals surface area contributed by atoms with Gasteiger partial charge in [-0.2, -0.15) is 0 Å². The highest BCUT2D eigenvalue weighted by Gasteiger charge is 2.16. The largest absolute Gasteiger partial charge is 0.392 e. The fourth-order valence-electron chi connectivity index (χ4n) is 1.61. The number of sulfonamides is 1. The number of aliphatic hydroxyl groups excluding tert-OH is 1. The van der Waals surface area contributed by atoms with E-state index in [4.69, 9.17) is 5.11 Å². The van der Waals surface area contributed by atoms with Crippen molar-refractivity contribution in [2.24, 2.45) is 0 Å². The van der Waals surface area contributed by atoms with Gasteiger partial charge in [-0.15, -0.1) is 11.3 Å². The van der Waals surface area contributed by atoms with E-state index in [9.17, 15) is 8.42 Å². The van der Waals surface area contributed by atoms with Crippen LogP contribution in [0.3, 0.4) is 0 Å². The normalized spacial score (nSPS) is 11.3. The van der Waals surface area contributed by atoms with Crippen molar-refractivity contribution in [2.45, 2.75) is 10.8 Å². The first-order valence-corrected chi connectivity index (χ1v) is 8.27. The molecule has 2 N–H and O–H groups in total. The molecule has 0 radical (unpaired) electrons. The Morgan fingerprint density at radius 3 is 2.40 bits per heavy atom. The molecule has 0 saturated carbocycles. The Morgan fingerprint density at radius 1 is 1.25 bits per heavy atom. The maximum Gasteiger partial charge on any atom is 0.271 e. The minimum atomic E-state index is -3.59. The average molecular weight is 312 g/mol. The third-order valence-electron chi connectivity index (χ3n) is 2.71. The van der Waals surface area contributed by atoms with Crippen LogP contribution >= 0.6 is 11.3 Å². The first kappa shape index (κ1) is 14.8. The SMILES string of the molecule is CN(C)c1ccc(NS(=O)(=O)c2cc(CO)cs2)cc1. The van der Waals surface area contributed by atoms with E-state index in [1.165, 1.54) is 6.07 Å². The minimum absolute atomic E-state index is 0.163. The smallest absolute Gasteiger partial charge is 0.271 e. The summed E-state index contributed by atoms with van der Waals surface area (Å²) in [6.07, 6.45) is 0. The van der Waals surface area contributed by atoms with E-state index < -0.39 is 10.0 Å². The summed E-state index contributed by atoms with van der Waals surface area (Å²) < 4.78 is 27.0. The monoisotopic (exact) mass is 312 g/mol. The molecular weight excluding hydrogens is 296 g/mol. The zero-order valence-electron chi connectivity index (χ0n) is 11.2. The predicted molar refractivity (Wildman–Crippen MR) is 81.8 cm³/mol. The molecule has 0 aliphatic carbocycles. The lowest BCUT2D eigenvalue weighted by Crippen LogP contribution is -2.12. The maximum absolute atomic E-state index is 12.2. The number of hydrogen-bond acceptors (Lipinski definition) is 5. The molecule has 108 valence electrons. The second-order valence-electron chi connectivity index (χ2n) is 4.48. The molecule has 1 aromatic carbocycles. The highest BCUT2D eigenvalue weighted by atomic mass is 32.2. The predicted octanol–water partition coefficient (Wildman–Crippen LogP) is 2.11. The van der Waals surface area contributed by atoms with E-state index in [1.807, 2.05) is 31.1 Å². The van der Waals surface area contributed by atoms with Crippen LogP contribution in [-0.4, -0.2) is 27.6 Å². The Labute approximate surface area is 122 Å². The Bertz CT molecular complexity index is 676. The molecule has 1 aromatic heterocycles. The van der Waals surface area contributed by atoms with Crippen molar-refractivity contribution >= 4 is 32.7 Å². The van der Waals surface area contributed by atoms with Gasteiger partial charge in [0.05, 0.1) is 6.61 Å². The lowest BCUT2D eigenvalue weighted by molar-refractivity contribution is 0.282. The molecule has 7 heteroatoms. The molecule has 0 aliphatic rings. The molecule has 2 rings (SSSR count). The second-order valence-corrected chi connectivity index (χ2v) is 7.30. The molecule has 1 heterocycles. The Hall–Kier alpha value is -1.57. The molecule has 0 fully saturated rings. The summed E-state index contributed by atoms with van der Waals surface area (Å²) in [5.74, 6) is 0. The molecular formula is C13H16N2O3S2. The van der Waals surface area contributed by atoms with E-state index >= 15 is 0 Å². The van der Waals surface area contributed by atoms with Crippen LogP contribution in [0.25, 0.3) is 0 Å². The molecule has 0 unspecified atom stereocenters. The zero-order valence-corrected chi connectivity index (χ0v) is 12.8. The second kappa shape index (κ2) is 5.82. The van der Waals surface area contributed by atoms with E-state index in [2.05, 4.69) is 4.72 Å². The summed E-state index contributed by atoms with van der Waals surface area (Å²) in [5.41, 5.74) is 2.10. The molecule has 5 nitrogen and oxygen atoms in total. The number of nitrogens with zero attached hydrogens (tertiary/aromatic N) is 1. The lowest BCUT2D eigenvalue weighted by Gasteiger charge is -2.13. The van der Waals surface area contributed by atoms with Crippen molar-refractivity contribution in [3.8, 4) is 0 Å². The number of anilines is 2. The first-order valence-electron chi connectivity index (χ1n) is 5.91. The van der Waals surface area contributed by atoms with E-state index in [0.29, 0.717) is 11.3 Å². The highest BCUT2D eigenvalue weighted by molar-refractivity contribution is 7.94. The summed E-state index contributed by atoms with van der Waals surface area (Å²) in [5, 5.41) is 10.6. The van der Waals surface area contributed by atoms with Crippen molar-refractivity contribution in [3.05, 3.63) is 41.3 Å². The van der Waals surface area contributed by atoms with Crippen molar-refractivity contribution in [1.82, 2.24) is 0 Å². The van der Waals surface area contributed by atoms with Crippen molar-refractivity contribution in [1.29, 1.82) is 0 Å². The summed E-state index contributed by atoms with van der Waals surface area (Å²) >= 11 is 1.09. The molecule has 0 amide bonds. The molecule has 0 atom stereocenters. The average Bonchev–Trinajstić information content (AvgIpc) is 2.88. The number of benzene rings is 1. The number of nitrogens with one attached hydrogen (secondary N) is 1. The Kier molecular flexibility index (Phi) is 4.32. The van der Waals surface area contributed by atoms with Crippen molar-refractivity contribution < 1.29 is 13.5 Å². The van der Waals surface area contributed by atoms with Gasteiger partial charge in [0.15, 0.2) is 0 Å². The lowest BCUT2D eigenvalue weighted by atomic mass is 10.3. The number of thiophene rings is 1. The van der Waals surface area contributed by atoms with E-state index in [0.717, 1.165) is 17.0 Å². The van der Waals surface area contributed by atoms with Crippen LogP contribution in [0.4, 0.5) is 11.4 Å². The van der Waals surface area contributed by atoms with Gasteiger partial charge < -0.3 is 10.0 Å². The van der Waals surface area contributed by atoms with Crippen molar-refractivity contribution in [2.75, 3.05) is 23.7 Å². The van der Waals surface area contributed by atoms with Gasteiger partial charge in [-0.1, -0.05) is 0 Å². The van der Waals surface area contributed by atoms with Crippen LogP contribution < -0.4 is 9.62 Å². The van der Waals surface area contributed by atoms with Crippen molar-refractivity contribution in [3.63, 3.8) is 0 Å². The summed E-state index contributed by atoms with van der Waals surface area (Å²) in [6.45, 7) is -0.163. The Balaban J connectivity index is 2.19. The fraction of sp³-hybridized carbons (Fsp3) is 0.231. The quantitative estimate of drug-likeness (QED) is 0.887. The van der Waals surface area contributed by atoms with Gasteiger partial charge in [0, 0.05) is 25.5 Å². The van der Waals surface area contributed by atoms with Crippen LogP contribution in [0.15, 0.2) is 39.9 Å². The molecule has 0 saturated heterocycles. The number of hydrogen-bond donors (Lipinski definition) is 2.